The third-order valence-electron chi connectivity index (χ3n) is 2.28. The second-order valence-corrected chi connectivity index (χ2v) is 3.09. The van der Waals surface area contributed by atoms with Gasteiger partial charge < -0.3 is 0 Å². The number of halogens is 6. The molecule has 84 valence electrons. The van der Waals surface area contributed by atoms with Crippen molar-refractivity contribution in [1.29, 1.82) is 0 Å². The molecule has 0 aromatic heterocycles. The van der Waals surface area contributed by atoms with Gasteiger partial charge in [-0.1, -0.05) is 6.92 Å². The van der Waals surface area contributed by atoms with E-state index in [9.17, 15) is 26.3 Å². The van der Waals surface area contributed by atoms with Gasteiger partial charge in [0.1, 0.15) is 12.6 Å². The van der Waals surface area contributed by atoms with E-state index in [0.29, 0.717) is 0 Å². The molecule has 1 saturated heterocycles. The maximum atomic E-state index is 13.3. The fraction of sp³-hybridized carbons (Fsp3) is 1.00. The van der Waals surface area contributed by atoms with Gasteiger partial charge in [0.25, 0.3) is 0 Å². The molecule has 2 atom stereocenters. The predicted octanol–water partition coefficient (Wildman–Crippen LogP) is 2.91. The van der Waals surface area contributed by atoms with Crippen molar-refractivity contribution in [3.8, 4) is 0 Å². The Labute approximate surface area is 76.0 Å². The molecule has 0 aromatic carbocycles. The van der Waals surface area contributed by atoms with Crippen LogP contribution in [-0.4, -0.2) is 24.6 Å². The topological polar surface area (TPSA) is 9.23 Å². The second-order valence-electron chi connectivity index (χ2n) is 3.09. The Balaban J connectivity index is 3.10. The van der Waals surface area contributed by atoms with E-state index in [-0.39, 0.29) is 0 Å². The summed E-state index contributed by atoms with van der Waals surface area (Å²) in [5.74, 6) is -10.9. The van der Waals surface area contributed by atoms with E-state index in [2.05, 4.69) is 4.74 Å². The van der Waals surface area contributed by atoms with Crippen LogP contribution in [-0.2, 0) is 4.74 Å². The Morgan fingerprint density at radius 3 is 1.93 bits per heavy atom. The van der Waals surface area contributed by atoms with Crippen molar-refractivity contribution in [1.82, 2.24) is 0 Å². The van der Waals surface area contributed by atoms with Crippen LogP contribution in [0.25, 0.3) is 0 Å². The van der Waals surface area contributed by atoms with Crippen LogP contribution in [0.3, 0.4) is 0 Å². The molecule has 2 unspecified atom stereocenters. The van der Waals surface area contributed by atoms with Crippen LogP contribution in [0.4, 0.5) is 26.3 Å². The van der Waals surface area contributed by atoms with E-state index in [4.69, 9.17) is 0 Å². The van der Waals surface area contributed by atoms with E-state index in [1.54, 1.807) is 0 Å². The maximum Gasteiger partial charge on any atom is 0.422 e. The fourth-order valence-corrected chi connectivity index (χ4v) is 1.36. The molecular weight excluding hydrogens is 214 g/mol. The Morgan fingerprint density at radius 1 is 1.14 bits per heavy atom. The zero-order valence-corrected chi connectivity index (χ0v) is 7.17. The first-order chi connectivity index (χ1) is 6.21. The van der Waals surface area contributed by atoms with Crippen molar-refractivity contribution in [3.63, 3.8) is 0 Å². The minimum absolute atomic E-state index is 0.757. The Bertz CT molecular complexity index is 230. The molecule has 0 amide bonds. The van der Waals surface area contributed by atoms with Crippen molar-refractivity contribution < 1.29 is 31.1 Å². The van der Waals surface area contributed by atoms with Gasteiger partial charge in [-0.2, -0.15) is 17.6 Å². The van der Waals surface area contributed by atoms with Crippen molar-refractivity contribution >= 4 is 0 Å². The molecule has 1 rings (SSSR count). The molecule has 14 heavy (non-hydrogen) atoms. The Kier molecular flexibility index (Phi) is 2.50. The normalized spacial score (nSPS) is 40.1. The van der Waals surface area contributed by atoms with Gasteiger partial charge in [-0.25, -0.2) is 4.39 Å². The lowest BCUT2D eigenvalue weighted by atomic mass is 9.95. The summed E-state index contributed by atoms with van der Waals surface area (Å²) in [4.78, 5) is 0. The molecule has 7 heteroatoms. The molecule has 0 bridgehead atoms. The number of rotatable bonds is 2. The summed E-state index contributed by atoms with van der Waals surface area (Å²) in [7, 11) is 0. The van der Waals surface area contributed by atoms with Gasteiger partial charge in [-0.3, -0.25) is 9.13 Å². The number of alkyl halides is 6. The van der Waals surface area contributed by atoms with Gasteiger partial charge in [-0.15, -0.1) is 0 Å². The molecule has 0 N–H and O–H groups in total. The van der Waals surface area contributed by atoms with Crippen LogP contribution in [0.1, 0.15) is 13.3 Å². The SMILES string of the molecule is CCC1(F)OC(F)(F)C(F)(F)C1CF. The highest BCUT2D eigenvalue weighted by Crippen LogP contribution is 2.56. The first-order valence-electron chi connectivity index (χ1n) is 3.92. The van der Waals surface area contributed by atoms with Gasteiger partial charge in [0.15, 0.2) is 0 Å². The zero-order valence-electron chi connectivity index (χ0n) is 7.17. The van der Waals surface area contributed by atoms with Gasteiger partial charge in [0, 0.05) is 6.42 Å². The molecule has 0 aromatic rings. The van der Waals surface area contributed by atoms with Gasteiger partial charge in [-0.05, 0) is 0 Å². The highest BCUT2D eigenvalue weighted by molar-refractivity contribution is 5.00. The maximum absolute atomic E-state index is 13.3. The molecule has 1 fully saturated rings. The van der Waals surface area contributed by atoms with Crippen LogP contribution in [0, 0.1) is 5.92 Å². The first-order valence-corrected chi connectivity index (χ1v) is 3.92. The summed E-state index contributed by atoms with van der Waals surface area (Å²) < 4.78 is 79.0. The summed E-state index contributed by atoms with van der Waals surface area (Å²) in [5, 5.41) is 0. The molecule has 0 aliphatic carbocycles. The van der Waals surface area contributed by atoms with Crippen molar-refractivity contribution in [2.45, 2.75) is 31.2 Å². The molecule has 0 radical (unpaired) electrons. The van der Waals surface area contributed by atoms with Crippen LogP contribution in [0.15, 0.2) is 0 Å². The monoisotopic (exact) mass is 222 g/mol. The fourth-order valence-electron chi connectivity index (χ4n) is 1.36. The van der Waals surface area contributed by atoms with Crippen molar-refractivity contribution in [2.24, 2.45) is 5.92 Å². The summed E-state index contributed by atoms with van der Waals surface area (Å²) in [5.41, 5.74) is 0. The van der Waals surface area contributed by atoms with Crippen LogP contribution in [0.5, 0.6) is 0 Å². The molecule has 1 nitrogen and oxygen atoms in total. The Hall–Kier alpha value is -0.460. The van der Waals surface area contributed by atoms with Crippen LogP contribution < -0.4 is 0 Å². The van der Waals surface area contributed by atoms with Crippen LogP contribution >= 0.6 is 0 Å². The largest absolute Gasteiger partial charge is 0.422 e. The van der Waals surface area contributed by atoms with E-state index in [0.717, 1.165) is 6.92 Å². The van der Waals surface area contributed by atoms with Gasteiger partial charge >= 0.3 is 12.0 Å². The van der Waals surface area contributed by atoms with E-state index < -0.39 is 36.9 Å². The van der Waals surface area contributed by atoms with Crippen LogP contribution in [0.2, 0.25) is 0 Å². The third kappa shape index (κ3) is 1.29. The molecular formula is C7H8F6O. The smallest absolute Gasteiger partial charge is 0.277 e. The molecule has 1 heterocycles. The molecule has 1 aliphatic rings. The minimum atomic E-state index is -4.95. The summed E-state index contributed by atoms with van der Waals surface area (Å²) in [6.07, 6.45) is -5.71. The van der Waals surface area contributed by atoms with E-state index >= 15 is 0 Å². The molecule has 0 spiro atoms. The predicted molar refractivity (Wildman–Crippen MR) is 34.6 cm³/mol. The van der Waals surface area contributed by atoms with Crippen molar-refractivity contribution in [2.75, 3.05) is 6.67 Å². The third-order valence-corrected chi connectivity index (χ3v) is 2.28. The summed E-state index contributed by atoms with van der Waals surface area (Å²) in [6.45, 7) is -0.868. The highest BCUT2D eigenvalue weighted by atomic mass is 19.3. The number of hydrogen-bond acceptors (Lipinski definition) is 1. The lowest BCUT2D eigenvalue weighted by molar-refractivity contribution is -0.337. The minimum Gasteiger partial charge on any atom is -0.277 e. The van der Waals surface area contributed by atoms with Gasteiger partial charge in [0.2, 0.25) is 5.85 Å². The first kappa shape index (κ1) is 11.6. The number of hydrogen-bond donors (Lipinski definition) is 0. The van der Waals surface area contributed by atoms with Crippen molar-refractivity contribution in [3.05, 3.63) is 0 Å². The zero-order chi connectivity index (χ0) is 11.2. The average molecular weight is 222 g/mol. The highest BCUT2D eigenvalue weighted by Gasteiger charge is 2.77. The summed E-state index contributed by atoms with van der Waals surface area (Å²) in [6, 6.07) is 0. The van der Waals surface area contributed by atoms with Gasteiger partial charge in [0.05, 0.1) is 0 Å². The molecule has 1 aliphatic heterocycles. The molecule has 0 saturated carbocycles. The summed E-state index contributed by atoms with van der Waals surface area (Å²) >= 11 is 0. The quantitative estimate of drug-likeness (QED) is 0.652. The average Bonchev–Trinajstić information content (AvgIpc) is 2.16. The Morgan fingerprint density at radius 2 is 1.64 bits per heavy atom. The van der Waals surface area contributed by atoms with E-state index in [1.165, 1.54) is 0 Å². The lowest BCUT2D eigenvalue weighted by Gasteiger charge is -2.22. The lowest BCUT2D eigenvalue weighted by Crippen LogP contribution is -2.42. The van der Waals surface area contributed by atoms with E-state index in [1.807, 2.05) is 0 Å². The standard InChI is InChI=1S/C7H8F6O/c1-2-5(9)4(3-8)6(10,11)7(12,13)14-5/h4H,2-3H2,1H3. The second kappa shape index (κ2) is 3.01. The number of ether oxygens (including phenoxy) is 1.